The van der Waals surface area contributed by atoms with Gasteiger partial charge in [-0.05, 0) is 32.0 Å². The fraction of sp³-hybridized carbons (Fsp3) is 0.462. The monoisotopic (exact) mass is 293 g/mol. The predicted octanol–water partition coefficient (Wildman–Crippen LogP) is 2.51. The van der Waals surface area contributed by atoms with Crippen LogP contribution in [0.25, 0.3) is 0 Å². The van der Waals surface area contributed by atoms with Crippen LogP contribution in [0.1, 0.15) is 19.4 Å². The molecule has 17 heavy (non-hydrogen) atoms. The Morgan fingerprint density at radius 1 is 1.41 bits per heavy atom. The minimum absolute atomic E-state index is 0.0752. The highest BCUT2D eigenvalue weighted by molar-refractivity contribution is 9.10. The van der Waals surface area contributed by atoms with Gasteiger partial charge in [0.05, 0.1) is 11.6 Å². The van der Waals surface area contributed by atoms with E-state index in [1.807, 2.05) is 12.1 Å². The minimum atomic E-state index is 0.0752. The van der Waals surface area contributed by atoms with Gasteiger partial charge in [0.2, 0.25) is 0 Å². The molecule has 2 rings (SSSR count). The lowest BCUT2D eigenvalue weighted by Gasteiger charge is -2.44. The summed E-state index contributed by atoms with van der Waals surface area (Å²) >= 11 is 3.46. The van der Waals surface area contributed by atoms with Crippen LogP contribution in [0.5, 0.6) is 0 Å². The molecule has 3 nitrogen and oxygen atoms in total. The van der Waals surface area contributed by atoms with Crippen molar-refractivity contribution in [2.24, 2.45) is 0 Å². The van der Waals surface area contributed by atoms with Gasteiger partial charge in [-0.1, -0.05) is 15.9 Å². The average Bonchev–Trinajstić information content (AvgIpc) is 2.27. The summed E-state index contributed by atoms with van der Waals surface area (Å²) in [7, 11) is 0. The van der Waals surface area contributed by atoms with Gasteiger partial charge < -0.3 is 10.2 Å². The summed E-state index contributed by atoms with van der Waals surface area (Å²) < 4.78 is 0.959. The molecule has 1 N–H and O–H groups in total. The normalized spacial score (nSPS) is 18.8. The molecule has 0 radical (unpaired) electrons. The first-order valence-electron chi connectivity index (χ1n) is 5.72. The molecule has 0 unspecified atom stereocenters. The number of halogens is 1. The molecule has 0 amide bonds. The summed E-state index contributed by atoms with van der Waals surface area (Å²) in [5, 5.41) is 12.4. The molecule has 90 valence electrons. The van der Waals surface area contributed by atoms with Gasteiger partial charge in [0.1, 0.15) is 0 Å². The zero-order chi connectivity index (χ0) is 12.5. The van der Waals surface area contributed by atoms with Gasteiger partial charge in [0, 0.05) is 35.3 Å². The van der Waals surface area contributed by atoms with E-state index >= 15 is 0 Å². The maximum atomic E-state index is 9.01. The van der Waals surface area contributed by atoms with Crippen molar-refractivity contribution in [3.63, 3.8) is 0 Å². The Hall–Kier alpha value is -1.05. The fourth-order valence-electron chi connectivity index (χ4n) is 2.26. The van der Waals surface area contributed by atoms with E-state index in [1.54, 1.807) is 0 Å². The summed E-state index contributed by atoms with van der Waals surface area (Å²) in [6, 6.07) is 8.08. The molecule has 0 aromatic heterocycles. The summed E-state index contributed by atoms with van der Waals surface area (Å²) in [5.74, 6) is 0. The molecule has 1 aromatic carbocycles. The van der Waals surface area contributed by atoms with E-state index in [0.717, 1.165) is 29.8 Å². The maximum absolute atomic E-state index is 9.01. The third-order valence-electron chi connectivity index (χ3n) is 3.12. The third-order valence-corrected chi connectivity index (χ3v) is 3.58. The van der Waals surface area contributed by atoms with Crippen molar-refractivity contribution in [2.45, 2.75) is 19.4 Å². The van der Waals surface area contributed by atoms with Crippen LogP contribution >= 0.6 is 15.9 Å². The average molecular weight is 294 g/mol. The second kappa shape index (κ2) is 4.67. The van der Waals surface area contributed by atoms with Gasteiger partial charge in [-0.3, -0.25) is 0 Å². The van der Waals surface area contributed by atoms with Crippen molar-refractivity contribution in [3.8, 4) is 6.07 Å². The first-order valence-corrected chi connectivity index (χ1v) is 6.51. The highest BCUT2D eigenvalue weighted by Gasteiger charge is 2.29. The van der Waals surface area contributed by atoms with Crippen molar-refractivity contribution in [1.29, 1.82) is 5.26 Å². The number of hydrogen-bond donors (Lipinski definition) is 1. The SMILES string of the molecule is CC1(C)CNCCN1c1cc(Br)cc(C#N)c1. The molecule has 1 aromatic rings. The van der Waals surface area contributed by atoms with Gasteiger partial charge in [0.25, 0.3) is 0 Å². The van der Waals surface area contributed by atoms with Crippen LogP contribution in [0, 0.1) is 11.3 Å². The van der Waals surface area contributed by atoms with E-state index in [-0.39, 0.29) is 5.54 Å². The predicted molar refractivity (Wildman–Crippen MR) is 73.2 cm³/mol. The molecular formula is C13H16BrN3. The Balaban J connectivity index is 2.39. The molecule has 1 aliphatic heterocycles. The van der Waals surface area contributed by atoms with Crippen molar-refractivity contribution in [3.05, 3.63) is 28.2 Å². The third kappa shape index (κ3) is 2.62. The zero-order valence-electron chi connectivity index (χ0n) is 10.1. The standard InChI is InChI=1S/C13H16BrN3/c1-13(2)9-16-3-4-17(13)12-6-10(8-15)5-11(14)7-12/h5-7,16H,3-4,9H2,1-2H3. The van der Waals surface area contributed by atoms with Crippen LogP contribution < -0.4 is 10.2 Å². The van der Waals surface area contributed by atoms with Crippen LogP contribution in [-0.2, 0) is 0 Å². The van der Waals surface area contributed by atoms with E-state index in [0.29, 0.717) is 5.56 Å². The summed E-state index contributed by atoms with van der Waals surface area (Å²) in [4.78, 5) is 2.36. The number of anilines is 1. The lowest BCUT2D eigenvalue weighted by molar-refractivity contribution is 0.380. The van der Waals surface area contributed by atoms with E-state index in [9.17, 15) is 0 Å². The number of nitrogens with one attached hydrogen (secondary N) is 1. The number of nitrogens with zero attached hydrogens (tertiary/aromatic N) is 2. The van der Waals surface area contributed by atoms with Crippen LogP contribution in [0.4, 0.5) is 5.69 Å². The van der Waals surface area contributed by atoms with Crippen molar-refractivity contribution < 1.29 is 0 Å². The first-order chi connectivity index (χ1) is 8.03. The van der Waals surface area contributed by atoms with E-state index < -0.39 is 0 Å². The number of rotatable bonds is 1. The maximum Gasteiger partial charge on any atom is 0.0992 e. The lowest BCUT2D eigenvalue weighted by atomic mass is 9.99. The molecule has 1 saturated heterocycles. The Morgan fingerprint density at radius 2 is 2.18 bits per heavy atom. The van der Waals surface area contributed by atoms with Crippen molar-refractivity contribution >= 4 is 21.6 Å². The molecule has 0 saturated carbocycles. The number of hydrogen-bond acceptors (Lipinski definition) is 3. The van der Waals surface area contributed by atoms with Gasteiger partial charge >= 0.3 is 0 Å². The van der Waals surface area contributed by atoms with Crippen LogP contribution in [0.15, 0.2) is 22.7 Å². The van der Waals surface area contributed by atoms with Crippen LogP contribution in [0.2, 0.25) is 0 Å². The van der Waals surface area contributed by atoms with E-state index in [4.69, 9.17) is 5.26 Å². The van der Waals surface area contributed by atoms with Crippen LogP contribution in [0.3, 0.4) is 0 Å². The molecule has 1 fully saturated rings. The Morgan fingerprint density at radius 3 is 2.82 bits per heavy atom. The van der Waals surface area contributed by atoms with Crippen molar-refractivity contribution in [2.75, 3.05) is 24.5 Å². The van der Waals surface area contributed by atoms with Gasteiger partial charge in [-0.15, -0.1) is 0 Å². The number of benzene rings is 1. The van der Waals surface area contributed by atoms with Crippen molar-refractivity contribution in [1.82, 2.24) is 5.32 Å². The molecule has 1 heterocycles. The minimum Gasteiger partial charge on any atom is -0.364 e. The molecule has 1 aliphatic rings. The largest absolute Gasteiger partial charge is 0.364 e. The Kier molecular flexibility index (Phi) is 3.41. The highest BCUT2D eigenvalue weighted by atomic mass is 79.9. The molecule has 4 heteroatoms. The van der Waals surface area contributed by atoms with Gasteiger partial charge in [-0.2, -0.15) is 5.26 Å². The molecule has 0 atom stereocenters. The second-order valence-corrected chi connectivity index (χ2v) is 5.87. The second-order valence-electron chi connectivity index (χ2n) is 4.95. The van der Waals surface area contributed by atoms with E-state index in [1.165, 1.54) is 0 Å². The number of piperazine rings is 1. The molecule has 0 aliphatic carbocycles. The molecule has 0 bridgehead atoms. The summed E-state index contributed by atoms with van der Waals surface area (Å²) in [6.07, 6.45) is 0. The Bertz CT molecular complexity index is 462. The lowest BCUT2D eigenvalue weighted by Crippen LogP contribution is -2.58. The summed E-state index contributed by atoms with van der Waals surface area (Å²) in [5.41, 5.74) is 1.89. The highest BCUT2D eigenvalue weighted by Crippen LogP contribution is 2.29. The topological polar surface area (TPSA) is 39.1 Å². The van der Waals surface area contributed by atoms with Crippen LogP contribution in [-0.4, -0.2) is 25.2 Å². The van der Waals surface area contributed by atoms with Gasteiger partial charge in [-0.25, -0.2) is 0 Å². The van der Waals surface area contributed by atoms with E-state index in [2.05, 4.69) is 52.1 Å². The zero-order valence-corrected chi connectivity index (χ0v) is 11.7. The molecule has 0 spiro atoms. The number of nitriles is 1. The van der Waals surface area contributed by atoms with Gasteiger partial charge in [0.15, 0.2) is 0 Å². The Labute approximate surface area is 111 Å². The first kappa shape index (κ1) is 12.4. The fourth-order valence-corrected chi connectivity index (χ4v) is 2.74. The smallest absolute Gasteiger partial charge is 0.0992 e. The molecular weight excluding hydrogens is 278 g/mol. The summed E-state index contributed by atoms with van der Waals surface area (Å²) in [6.45, 7) is 7.34. The quantitative estimate of drug-likeness (QED) is 0.865.